The molecule has 0 saturated heterocycles. The first-order chi connectivity index (χ1) is 18.6. The van der Waals surface area contributed by atoms with Gasteiger partial charge in [-0.2, -0.15) is 0 Å². The van der Waals surface area contributed by atoms with Crippen molar-refractivity contribution in [2.75, 3.05) is 16.4 Å². The minimum Gasteiger partial charge on any atom is -0.383 e. The Morgan fingerprint density at radius 1 is 1.18 bits per heavy atom. The number of benzene rings is 2. The zero-order valence-corrected chi connectivity index (χ0v) is 22.8. The molecule has 0 radical (unpaired) electrons. The molecule has 0 unspecified atom stereocenters. The molecule has 0 aliphatic rings. The summed E-state index contributed by atoms with van der Waals surface area (Å²) in [5.74, 6) is 0.357. The molecule has 3 aromatic heterocycles. The van der Waals surface area contributed by atoms with Gasteiger partial charge in [0.1, 0.15) is 18.0 Å². The van der Waals surface area contributed by atoms with Crippen LogP contribution in [0.2, 0.25) is 0 Å². The summed E-state index contributed by atoms with van der Waals surface area (Å²) in [6.45, 7) is 7.62. The second kappa shape index (κ2) is 10.3. The summed E-state index contributed by atoms with van der Waals surface area (Å²) < 4.78 is 2.60. The van der Waals surface area contributed by atoms with Gasteiger partial charge in [0.15, 0.2) is 5.13 Å². The fourth-order valence-electron chi connectivity index (χ4n) is 4.69. The first-order valence-electron chi connectivity index (χ1n) is 12.4. The maximum absolute atomic E-state index is 13.4. The van der Waals surface area contributed by atoms with E-state index in [1.165, 1.54) is 24.6 Å². The van der Waals surface area contributed by atoms with Crippen LogP contribution in [0.15, 0.2) is 53.6 Å². The highest BCUT2D eigenvalue weighted by atomic mass is 32.1. The topological polar surface area (TPSA) is 152 Å². The Labute approximate surface area is 228 Å². The van der Waals surface area contributed by atoms with Gasteiger partial charge in [0.05, 0.1) is 33.4 Å². The summed E-state index contributed by atoms with van der Waals surface area (Å²) in [4.78, 5) is 37.8. The summed E-state index contributed by atoms with van der Waals surface area (Å²) in [6.07, 6.45) is 1.35. The Hall–Kier alpha value is -4.64. The highest BCUT2D eigenvalue weighted by molar-refractivity contribution is 7.22. The number of hydrogen-bond acceptors (Lipinski definition) is 9. The van der Waals surface area contributed by atoms with E-state index in [0.29, 0.717) is 39.5 Å². The first-order valence-corrected chi connectivity index (χ1v) is 13.2. The average Bonchev–Trinajstić information content (AvgIpc) is 3.27. The molecule has 1 amide bonds. The van der Waals surface area contributed by atoms with Gasteiger partial charge in [-0.1, -0.05) is 35.6 Å². The third-order valence-corrected chi connectivity index (χ3v) is 7.34. The second-order valence-corrected chi connectivity index (χ2v) is 10.6. The number of aryl methyl sites for hydroxylation is 1. The van der Waals surface area contributed by atoms with Gasteiger partial charge in [0.2, 0.25) is 5.91 Å². The molecule has 3 heterocycles. The Morgan fingerprint density at radius 2 is 1.97 bits per heavy atom. The third kappa shape index (κ3) is 4.96. The molecule has 198 valence electrons. The zero-order valence-electron chi connectivity index (χ0n) is 22.0. The molecule has 0 fully saturated rings. The lowest BCUT2D eigenvalue weighted by molar-refractivity contribution is -0.114. The molecule has 39 heavy (non-hydrogen) atoms. The molecular weight excluding hydrogens is 512 g/mol. The number of carbonyl (C=O) groups excluding carboxylic acids is 1. The molecule has 11 heteroatoms. The Kier molecular flexibility index (Phi) is 6.83. The van der Waals surface area contributed by atoms with Crippen molar-refractivity contribution in [3.63, 3.8) is 0 Å². The van der Waals surface area contributed by atoms with Crippen LogP contribution in [0.4, 0.5) is 16.8 Å². The van der Waals surface area contributed by atoms with Gasteiger partial charge in [-0.15, -0.1) is 0 Å². The number of hydrogen-bond donors (Lipinski definition) is 4. The van der Waals surface area contributed by atoms with E-state index in [1.807, 2.05) is 51.1 Å². The summed E-state index contributed by atoms with van der Waals surface area (Å²) in [6, 6.07) is 13.2. The number of anilines is 3. The minimum atomic E-state index is -0.198. The van der Waals surface area contributed by atoms with Gasteiger partial charge in [-0.05, 0) is 49.9 Å². The van der Waals surface area contributed by atoms with Gasteiger partial charge >= 0.3 is 0 Å². The molecular formula is C28H28N8O2S. The molecule has 10 nitrogen and oxygen atoms in total. The normalized spacial score (nSPS) is 11.3. The molecule has 0 aliphatic heterocycles. The maximum Gasteiger partial charge on any atom is 0.259 e. The number of aromatic nitrogens is 4. The van der Waals surface area contributed by atoms with Crippen LogP contribution in [0.3, 0.4) is 0 Å². The van der Waals surface area contributed by atoms with E-state index in [4.69, 9.17) is 11.1 Å². The summed E-state index contributed by atoms with van der Waals surface area (Å²) in [7, 11) is 0. The van der Waals surface area contributed by atoms with Crippen molar-refractivity contribution in [1.29, 1.82) is 5.41 Å². The molecule has 5 aromatic rings. The highest BCUT2D eigenvalue weighted by Gasteiger charge is 2.19. The van der Waals surface area contributed by atoms with Crippen molar-refractivity contribution in [3.05, 3.63) is 81.5 Å². The molecule has 0 saturated carbocycles. The van der Waals surface area contributed by atoms with Gasteiger partial charge in [-0.25, -0.2) is 15.0 Å². The van der Waals surface area contributed by atoms with Crippen LogP contribution < -0.4 is 21.9 Å². The molecule has 5 N–H and O–H groups in total. The number of nitrogens with two attached hydrogens (primary N) is 1. The third-order valence-electron chi connectivity index (χ3n) is 6.41. The SMILES string of the molecule is CC(=O)Nc1nc2ccc(C(=N)c3c(N)ncnc3NCc3cc4cccc(C)c4c(=O)n3C(C)C)cc2s1. The number of thiazole rings is 1. The van der Waals surface area contributed by atoms with E-state index in [2.05, 4.69) is 25.6 Å². The van der Waals surface area contributed by atoms with E-state index in [0.717, 1.165) is 21.3 Å². The Morgan fingerprint density at radius 3 is 2.72 bits per heavy atom. The summed E-state index contributed by atoms with van der Waals surface area (Å²) in [5, 5.41) is 17.0. The highest BCUT2D eigenvalue weighted by Crippen LogP contribution is 2.29. The van der Waals surface area contributed by atoms with Crippen molar-refractivity contribution < 1.29 is 4.79 Å². The van der Waals surface area contributed by atoms with Crippen LogP contribution in [-0.2, 0) is 11.3 Å². The quantitative estimate of drug-likeness (QED) is 0.215. The van der Waals surface area contributed by atoms with Crippen molar-refractivity contribution in [3.8, 4) is 0 Å². The van der Waals surface area contributed by atoms with Crippen molar-refractivity contribution >= 4 is 60.7 Å². The van der Waals surface area contributed by atoms with Crippen LogP contribution in [0, 0.1) is 12.3 Å². The van der Waals surface area contributed by atoms with E-state index < -0.39 is 0 Å². The molecule has 0 aliphatic carbocycles. The molecule has 5 rings (SSSR count). The molecule has 2 aromatic carbocycles. The fraction of sp³-hybridized carbons (Fsp3) is 0.214. The Balaban J connectivity index is 1.50. The van der Waals surface area contributed by atoms with Crippen LogP contribution in [0.1, 0.15) is 49.2 Å². The van der Waals surface area contributed by atoms with Gasteiger partial charge in [0.25, 0.3) is 5.56 Å². The standard InChI is InChI=1S/C28H28N8O2S/c1-14(2)36-19(10-17-7-5-6-15(3)22(17)27(36)38)12-31-26-23(25(30)32-13-33-26)24(29)18-8-9-20-21(11-18)39-28(35-20)34-16(4)37/h5-11,13-14,29H,12H2,1-4H3,(H,34,35,37)(H3,30,31,32,33). The lowest BCUT2D eigenvalue weighted by Crippen LogP contribution is -2.27. The van der Waals surface area contributed by atoms with Crippen LogP contribution in [0.25, 0.3) is 21.0 Å². The van der Waals surface area contributed by atoms with E-state index in [-0.39, 0.29) is 29.0 Å². The summed E-state index contributed by atoms with van der Waals surface area (Å²) in [5.41, 5.74) is 9.76. The number of nitrogens with zero attached hydrogens (tertiary/aromatic N) is 4. The smallest absolute Gasteiger partial charge is 0.259 e. The maximum atomic E-state index is 13.4. The number of nitrogen functional groups attached to an aromatic ring is 1. The van der Waals surface area contributed by atoms with E-state index in [9.17, 15) is 9.59 Å². The van der Waals surface area contributed by atoms with Gasteiger partial charge in [0, 0.05) is 24.2 Å². The number of nitrogens with one attached hydrogen (secondary N) is 3. The number of fused-ring (bicyclic) bond motifs is 2. The molecule has 0 bridgehead atoms. The fourth-order valence-corrected chi connectivity index (χ4v) is 5.64. The molecule has 0 atom stereocenters. The zero-order chi connectivity index (χ0) is 27.8. The lowest BCUT2D eigenvalue weighted by atomic mass is 10.0. The van der Waals surface area contributed by atoms with Crippen LogP contribution >= 0.6 is 11.3 Å². The summed E-state index contributed by atoms with van der Waals surface area (Å²) >= 11 is 1.33. The van der Waals surface area contributed by atoms with Crippen molar-refractivity contribution in [1.82, 2.24) is 19.5 Å². The average molecular weight is 541 g/mol. The second-order valence-electron chi connectivity index (χ2n) is 9.54. The van der Waals surface area contributed by atoms with Gasteiger partial charge < -0.3 is 20.9 Å². The van der Waals surface area contributed by atoms with E-state index >= 15 is 0 Å². The van der Waals surface area contributed by atoms with Crippen LogP contribution in [-0.4, -0.2) is 31.1 Å². The predicted octanol–water partition coefficient (Wildman–Crippen LogP) is 4.86. The van der Waals surface area contributed by atoms with Crippen molar-refractivity contribution in [2.45, 2.75) is 40.3 Å². The minimum absolute atomic E-state index is 0.0379. The lowest BCUT2D eigenvalue weighted by Gasteiger charge is -2.20. The predicted molar refractivity (Wildman–Crippen MR) is 157 cm³/mol. The first kappa shape index (κ1) is 26.0. The number of rotatable bonds is 7. The molecule has 0 spiro atoms. The number of amides is 1. The van der Waals surface area contributed by atoms with Crippen molar-refractivity contribution in [2.24, 2.45) is 0 Å². The Bertz CT molecular complexity index is 1820. The van der Waals surface area contributed by atoms with Crippen LogP contribution in [0.5, 0.6) is 0 Å². The largest absolute Gasteiger partial charge is 0.383 e. The van der Waals surface area contributed by atoms with E-state index in [1.54, 1.807) is 16.7 Å². The number of pyridine rings is 1. The monoisotopic (exact) mass is 540 g/mol. The van der Waals surface area contributed by atoms with Gasteiger partial charge in [-0.3, -0.25) is 15.0 Å². The number of carbonyl (C=O) groups is 1.